The van der Waals surface area contributed by atoms with E-state index in [1.165, 1.54) is 29.2 Å². The van der Waals surface area contributed by atoms with Crippen LogP contribution >= 0.6 is 11.6 Å². The van der Waals surface area contributed by atoms with Gasteiger partial charge in [-0.3, -0.25) is 13.9 Å². The zero-order valence-corrected chi connectivity index (χ0v) is 26.3. The molecule has 1 N–H and O–H groups in total. The van der Waals surface area contributed by atoms with E-state index in [0.29, 0.717) is 10.7 Å². The van der Waals surface area contributed by atoms with Gasteiger partial charge in [-0.15, -0.1) is 0 Å². The number of rotatable bonds is 10. The molecule has 9 heteroatoms. The number of halogens is 1. The zero-order valence-electron chi connectivity index (χ0n) is 24.8. The highest BCUT2D eigenvalue weighted by Gasteiger charge is 2.33. The predicted octanol–water partition coefficient (Wildman–Crippen LogP) is 6.33. The molecule has 224 valence electrons. The lowest BCUT2D eigenvalue weighted by Gasteiger charge is -2.33. The molecule has 0 bridgehead atoms. The van der Waals surface area contributed by atoms with Crippen molar-refractivity contribution in [3.8, 4) is 0 Å². The maximum Gasteiger partial charge on any atom is 0.264 e. The van der Waals surface area contributed by atoms with E-state index in [1.807, 2.05) is 51.1 Å². The fourth-order valence-electron chi connectivity index (χ4n) is 5.18. The van der Waals surface area contributed by atoms with Gasteiger partial charge in [0.2, 0.25) is 11.8 Å². The van der Waals surface area contributed by atoms with Crippen LogP contribution in [0.25, 0.3) is 0 Å². The average Bonchev–Trinajstić information content (AvgIpc) is 2.97. The van der Waals surface area contributed by atoms with Gasteiger partial charge in [-0.1, -0.05) is 66.8 Å². The smallest absolute Gasteiger partial charge is 0.264 e. The molecule has 0 aliphatic heterocycles. The Morgan fingerprint density at radius 2 is 1.55 bits per heavy atom. The summed E-state index contributed by atoms with van der Waals surface area (Å²) in [6, 6.07) is 18.2. The van der Waals surface area contributed by atoms with Crippen LogP contribution < -0.4 is 9.62 Å². The normalized spacial score (nSPS) is 14.7. The number of amides is 2. The molecule has 1 fully saturated rings. The summed E-state index contributed by atoms with van der Waals surface area (Å²) < 4.78 is 29.1. The molecule has 1 saturated carbocycles. The number of sulfonamides is 1. The average molecular weight is 610 g/mol. The summed E-state index contributed by atoms with van der Waals surface area (Å²) in [5.41, 5.74) is 4.20. The maximum atomic E-state index is 14.1. The Hall–Kier alpha value is -3.36. The fraction of sp³-hybridized carbons (Fsp3) is 0.394. The van der Waals surface area contributed by atoms with Crippen LogP contribution in [0.2, 0.25) is 5.02 Å². The monoisotopic (exact) mass is 609 g/mol. The summed E-state index contributed by atoms with van der Waals surface area (Å²) in [5.74, 6) is -0.710. The van der Waals surface area contributed by atoms with Crippen LogP contribution in [0.1, 0.15) is 61.3 Å². The summed E-state index contributed by atoms with van der Waals surface area (Å²) in [6.45, 7) is 7.22. The molecule has 3 aromatic carbocycles. The molecule has 7 nitrogen and oxygen atoms in total. The van der Waals surface area contributed by atoms with E-state index in [0.717, 1.165) is 58.7 Å². The molecule has 0 spiro atoms. The van der Waals surface area contributed by atoms with Crippen LogP contribution in [-0.2, 0) is 26.2 Å². The highest BCUT2D eigenvalue weighted by molar-refractivity contribution is 7.92. The molecule has 0 radical (unpaired) electrons. The van der Waals surface area contributed by atoms with E-state index in [1.54, 1.807) is 19.1 Å². The number of nitrogens with zero attached hydrogens (tertiary/aromatic N) is 2. The predicted molar refractivity (Wildman–Crippen MR) is 168 cm³/mol. The molecule has 1 atom stereocenters. The first kappa shape index (κ1) is 31.6. The molecule has 0 saturated heterocycles. The van der Waals surface area contributed by atoms with Crippen LogP contribution in [0, 0.1) is 20.8 Å². The summed E-state index contributed by atoms with van der Waals surface area (Å²) >= 11 is 6.04. The van der Waals surface area contributed by atoms with Gasteiger partial charge in [-0.25, -0.2) is 8.42 Å². The van der Waals surface area contributed by atoms with E-state index in [2.05, 4.69) is 5.32 Å². The molecule has 1 aliphatic carbocycles. The lowest BCUT2D eigenvalue weighted by molar-refractivity contribution is -0.139. The zero-order chi connectivity index (χ0) is 30.4. The second-order valence-corrected chi connectivity index (χ2v) is 13.6. The third-order valence-corrected chi connectivity index (χ3v) is 10.1. The minimum absolute atomic E-state index is 0.0195. The Morgan fingerprint density at radius 3 is 2.17 bits per heavy atom. The number of carbonyl (C=O) groups is 2. The van der Waals surface area contributed by atoms with Gasteiger partial charge in [0.25, 0.3) is 10.0 Å². The van der Waals surface area contributed by atoms with E-state index in [4.69, 9.17) is 11.6 Å². The quantitative estimate of drug-likeness (QED) is 0.291. The number of benzene rings is 3. The molecule has 0 aromatic heterocycles. The SMILES string of the molecule is Cc1ccc(CN(C(=O)CN(c2ccc(C)c(C)c2)S(=O)(=O)c2ccc(Cl)cc2)C(C)C(=O)NC2CCCCC2)cc1. The maximum absolute atomic E-state index is 14.1. The van der Waals surface area contributed by atoms with Crippen molar-refractivity contribution in [3.05, 3.63) is 94.0 Å². The standard InChI is InChI=1S/C33H40ClN3O4S/c1-23-10-13-27(14-11-23)21-36(26(4)33(39)35-29-8-6-5-7-9-29)32(38)22-37(30-17-12-24(2)25(3)20-30)42(40,41)31-18-15-28(34)16-19-31/h10-20,26,29H,5-9,21-22H2,1-4H3,(H,35,39). The molecule has 1 unspecified atom stereocenters. The number of hydrogen-bond donors (Lipinski definition) is 1. The molecule has 1 aliphatic rings. The van der Waals surface area contributed by atoms with Gasteiger partial charge in [0.05, 0.1) is 10.6 Å². The van der Waals surface area contributed by atoms with Crippen molar-refractivity contribution < 1.29 is 18.0 Å². The lowest BCUT2D eigenvalue weighted by atomic mass is 9.95. The Labute approximate surface area is 254 Å². The lowest BCUT2D eigenvalue weighted by Crippen LogP contribution is -2.53. The Balaban J connectivity index is 1.69. The molecular weight excluding hydrogens is 570 g/mol. The van der Waals surface area contributed by atoms with Gasteiger partial charge in [0.15, 0.2) is 0 Å². The van der Waals surface area contributed by atoms with Gasteiger partial charge < -0.3 is 10.2 Å². The van der Waals surface area contributed by atoms with Crippen LogP contribution in [0.5, 0.6) is 0 Å². The number of hydrogen-bond acceptors (Lipinski definition) is 4. The molecule has 0 heterocycles. The summed E-state index contributed by atoms with van der Waals surface area (Å²) in [6.07, 6.45) is 5.14. The molecule has 3 aromatic rings. The second-order valence-electron chi connectivity index (χ2n) is 11.3. The van der Waals surface area contributed by atoms with Crippen molar-refractivity contribution in [2.75, 3.05) is 10.8 Å². The number of nitrogens with one attached hydrogen (secondary N) is 1. The van der Waals surface area contributed by atoms with Gasteiger partial charge in [-0.2, -0.15) is 0 Å². The highest BCUT2D eigenvalue weighted by atomic mass is 35.5. The largest absolute Gasteiger partial charge is 0.352 e. The van der Waals surface area contributed by atoms with Gasteiger partial charge in [0.1, 0.15) is 12.6 Å². The fourth-order valence-corrected chi connectivity index (χ4v) is 6.72. The van der Waals surface area contributed by atoms with Crippen LogP contribution in [0.4, 0.5) is 5.69 Å². The summed E-state index contributed by atoms with van der Waals surface area (Å²) in [4.78, 5) is 29.1. The van der Waals surface area contributed by atoms with Crippen LogP contribution in [0.3, 0.4) is 0 Å². The first-order chi connectivity index (χ1) is 20.0. The Kier molecular flexibility index (Phi) is 10.3. The topological polar surface area (TPSA) is 86.8 Å². The molecule has 42 heavy (non-hydrogen) atoms. The Morgan fingerprint density at radius 1 is 0.905 bits per heavy atom. The number of anilines is 1. The molecular formula is C33H40ClN3O4S. The minimum atomic E-state index is -4.15. The first-order valence-corrected chi connectivity index (χ1v) is 16.3. The minimum Gasteiger partial charge on any atom is -0.352 e. The van der Waals surface area contributed by atoms with Crippen molar-refractivity contribution in [2.45, 2.75) is 83.3 Å². The summed E-state index contributed by atoms with van der Waals surface area (Å²) in [5, 5.41) is 3.54. The van der Waals surface area contributed by atoms with Gasteiger partial charge >= 0.3 is 0 Å². The van der Waals surface area contributed by atoms with Crippen molar-refractivity contribution >= 4 is 39.1 Å². The van der Waals surface area contributed by atoms with Crippen molar-refractivity contribution in [2.24, 2.45) is 0 Å². The summed E-state index contributed by atoms with van der Waals surface area (Å²) in [7, 11) is -4.15. The first-order valence-electron chi connectivity index (χ1n) is 14.5. The van der Waals surface area contributed by atoms with Crippen molar-refractivity contribution in [1.82, 2.24) is 10.2 Å². The van der Waals surface area contributed by atoms with E-state index < -0.39 is 28.5 Å². The second kappa shape index (κ2) is 13.7. The third-order valence-electron chi connectivity index (χ3n) is 8.05. The molecule has 4 rings (SSSR count). The Bertz CT molecular complexity index is 1500. The third kappa shape index (κ3) is 7.72. The molecule has 2 amide bonds. The van der Waals surface area contributed by atoms with Crippen LogP contribution in [0.15, 0.2) is 71.6 Å². The van der Waals surface area contributed by atoms with Gasteiger partial charge in [0, 0.05) is 17.6 Å². The van der Waals surface area contributed by atoms with E-state index in [9.17, 15) is 18.0 Å². The highest BCUT2D eigenvalue weighted by Crippen LogP contribution is 2.27. The van der Waals surface area contributed by atoms with Crippen molar-refractivity contribution in [1.29, 1.82) is 0 Å². The van der Waals surface area contributed by atoms with Crippen molar-refractivity contribution in [3.63, 3.8) is 0 Å². The van der Waals surface area contributed by atoms with Gasteiger partial charge in [-0.05, 0) is 93.6 Å². The number of carbonyl (C=O) groups excluding carboxylic acids is 2. The van der Waals surface area contributed by atoms with E-state index in [-0.39, 0.29) is 23.4 Å². The number of aryl methyl sites for hydroxylation is 3. The van der Waals surface area contributed by atoms with Crippen LogP contribution in [-0.4, -0.2) is 43.8 Å². The van der Waals surface area contributed by atoms with E-state index >= 15 is 0 Å².